The van der Waals surface area contributed by atoms with Crippen molar-refractivity contribution in [3.8, 4) is 0 Å². The molecule has 0 aromatic carbocycles. The number of thioether (sulfide) groups is 1. The normalized spacial score (nSPS) is 22.5. The monoisotopic (exact) mass is 409 g/mol. The summed E-state index contributed by atoms with van der Waals surface area (Å²) in [6.07, 6.45) is -1.39. The van der Waals surface area contributed by atoms with E-state index in [1.54, 1.807) is 6.07 Å². The number of amides is 1. The lowest BCUT2D eigenvalue weighted by Crippen LogP contribution is -2.33. The number of nitrogens with two attached hydrogens (primary N) is 1. The van der Waals surface area contributed by atoms with Gasteiger partial charge in [0.2, 0.25) is 0 Å². The van der Waals surface area contributed by atoms with E-state index in [9.17, 15) is 18.0 Å². The Morgan fingerprint density at radius 2 is 2.07 bits per heavy atom. The number of aliphatic imine (C=N–C) groups is 1. The van der Waals surface area contributed by atoms with Crippen LogP contribution in [0.15, 0.2) is 41.7 Å². The Morgan fingerprint density at radius 1 is 1.32 bits per heavy atom. The summed E-state index contributed by atoms with van der Waals surface area (Å²) < 4.78 is 39.4. The molecule has 2 aromatic rings. The molecule has 2 atom stereocenters. The first-order valence-electron chi connectivity index (χ1n) is 8.40. The Morgan fingerprint density at radius 3 is 2.75 bits per heavy atom. The van der Waals surface area contributed by atoms with Gasteiger partial charge in [0.05, 0.1) is 11.3 Å². The van der Waals surface area contributed by atoms with Gasteiger partial charge in [-0.25, -0.2) is 4.99 Å². The number of hydrogen-bond acceptors (Lipinski definition) is 6. The van der Waals surface area contributed by atoms with Crippen LogP contribution < -0.4 is 11.1 Å². The maximum absolute atomic E-state index is 13.1. The summed E-state index contributed by atoms with van der Waals surface area (Å²) in [5, 5.41) is 3.14. The number of anilines is 1. The van der Waals surface area contributed by atoms with Gasteiger partial charge in [0.1, 0.15) is 11.2 Å². The van der Waals surface area contributed by atoms with Crippen LogP contribution in [-0.4, -0.2) is 26.3 Å². The summed E-state index contributed by atoms with van der Waals surface area (Å²) in [6.45, 7) is 3.90. The molecule has 1 aliphatic heterocycles. The van der Waals surface area contributed by atoms with Crippen molar-refractivity contribution in [2.75, 3.05) is 5.32 Å². The number of alkyl halides is 3. The smallest absolute Gasteiger partial charge is 0.379 e. The highest BCUT2D eigenvalue weighted by atomic mass is 32.2. The molecular formula is C18H18F3N5OS. The van der Waals surface area contributed by atoms with E-state index >= 15 is 0 Å². The van der Waals surface area contributed by atoms with Crippen molar-refractivity contribution in [3.05, 3.63) is 53.6 Å². The molecule has 0 saturated heterocycles. The molecule has 10 heteroatoms. The first-order chi connectivity index (χ1) is 13.1. The molecule has 3 rings (SSSR count). The van der Waals surface area contributed by atoms with Crippen molar-refractivity contribution in [2.45, 2.75) is 37.2 Å². The molecule has 0 spiro atoms. The fourth-order valence-electron chi connectivity index (χ4n) is 3.09. The van der Waals surface area contributed by atoms with E-state index in [2.05, 4.69) is 20.3 Å². The quantitative estimate of drug-likeness (QED) is 0.804. The third-order valence-corrected chi connectivity index (χ3v) is 5.16. The van der Waals surface area contributed by atoms with Crippen molar-refractivity contribution in [3.63, 3.8) is 0 Å². The van der Waals surface area contributed by atoms with Gasteiger partial charge in [-0.3, -0.25) is 14.8 Å². The molecule has 0 radical (unpaired) electrons. The minimum atomic E-state index is -4.68. The lowest BCUT2D eigenvalue weighted by molar-refractivity contribution is -0.138. The average molecular weight is 409 g/mol. The van der Waals surface area contributed by atoms with E-state index in [1.165, 1.54) is 24.0 Å². The molecule has 1 amide bonds. The predicted molar refractivity (Wildman–Crippen MR) is 102 cm³/mol. The molecule has 1 aliphatic rings. The van der Waals surface area contributed by atoms with Gasteiger partial charge in [-0.15, -0.1) is 0 Å². The van der Waals surface area contributed by atoms with Crippen LogP contribution in [0, 0.1) is 0 Å². The molecular weight excluding hydrogens is 391 g/mol. The zero-order valence-electron chi connectivity index (χ0n) is 15.1. The minimum absolute atomic E-state index is 0.227. The Kier molecular flexibility index (Phi) is 5.33. The van der Waals surface area contributed by atoms with Gasteiger partial charge in [0.25, 0.3) is 5.91 Å². The maximum atomic E-state index is 13.1. The number of nitrogens with one attached hydrogen (secondary N) is 1. The standard InChI is InChI=1S/C18H18F3N5OS/c1-10-9-17(2,26-16(22)28-10)13-8-11(5-7-23-13)25-15(27)14-12(18(19,20)21)4-3-6-24-14/h3-8,10H,9H2,1-2H3,(H2,22,26)(H,23,25,27)/t10-,17+/m1/s1. The van der Waals surface area contributed by atoms with Crippen molar-refractivity contribution in [1.29, 1.82) is 0 Å². The number of pyridine rings is 2. The van der Waals surface area contributed by atoms with Crippen molar-refractivity contribution < 1.29 is 18.0 Å². The van der Waals surface area contributed by atoms with E-state index in [4.69, 9.17) is 5.73 Å². The van der Waals surface area contributed by atoms with Crippen LogP contribution in [0.3, 0.4) is 0 Å². The number of nitrogens with zero attached hydrogens (tertiary/aromatic N) is 3. The summed E-state index contributed by atoms with van der Waals surface area (Å²) in [6, 6.07) is 5.04. The van der Waals surface area contributed by atoms with E-state index < -0.39 is 28.9 Å². The van der Waals surface area contributed by atoms with Gasteiger partial charge in [0.15, 0.2) is 5.17 Å². The molecule has 0 fully saturated rings. The third kappa shape index (κ3) is 4.27. The Bertz CT molecular complexity index is 933. The third-order valence-electron chi connectivity index (χ3n) is 4.26. The maximum Gasteiger partial charge on any atom is 0.418 e. The first-order valence-corrected chi connectivity index (χ1v) is 9.28. The van der Waals surface area contributed by atoms with Crippen LogP contribution >= 0.6 is 11.8 Å². The minimum Gasteiger partial charge on any atom is -0.379 e. The molecule has 0 bridgehead atoms. The molecule has 3 heterocycles. The molecule has 2 aromatic heterocycles. The van der Waals surface area contributed by atoms with Crippen molar-refractivity contribution in [1.82, 2.24) is 9.97 Å². The highest BCUT2D eigenvalue weighted by Crippen LogP contribution is 2.38. The average Bonchev–Trinajstić information content (AvgIpc) is 2.60. The SMILES string of the molecule is C[C@@H]1C[C@@](C)(c2cc(NC(=O)c3ncccc3C(F)(F)F)ccn2)N=C(N)S1. The molecule has 0 unspecified atom stereocenters. The second-order valence-corrected chi connectivity index (χ2v) is 8.10. The summed E-state index contributed by atoms with van der Waals surface area (Å²) in [4.78, 5) is 24.8. The molecule has 0 aliphatic carbocycles. The fraction of sp³-hybridized carbons (Fsp3) is 0.333. The molecule has 0 saturated carbocycles. The first kappa shape index (κ1) is 20.1. The molecule has 3 N–H and O–H groups in total. The zero-order chi connectivity index (χ0) is 20.5. The summed E-state index contributed by atoms with van der Waals surface area (Å²) in [7, 11) is 0. The Labute approximate surface area is 163 Å². The number of halogens is 3. The Hall–Kier alpha value is -2.62. The predicted octanol–water partition coefficient (Wildman–Crippen LogP) is 3.80. The number of carbonyl (C=O) groups is 1. The lowest BCUT2D eigenvalue weighted by atomic mass is 9.91. The fourth-order valence-corrected chi connectivity index (χ4v) is 4.17. The van der Waals surface area contributed by atoms with E-state index in [-0.39, 0.29) is 5.25 Å². The number of hydrogen-bond donors (Lipinski definition) is 2. The number of aromatic nitrogens is 2. The summed E-state index contributed by atoms with van der Waals surface area (Å²) in [5.41, 5.74) is 4.29. The van der Waals surface area contributed by atoms with Crippen LogP contribution in [0.1, 0.15) is 42.0 Å². The summed E-state index contributed by atoms with van der Waals surface area (Å²) >= 11 is 1.47. The van der Waals surface area contributed by atoms with E-state index in [1.807, 2.05) is 13.8 Å². The molecule has 6 nitrogen and oxygen atoms in total. The van der Waals surface area contributed by atoms with Gasteiger partial charge in [-0.1, -0.05) is 18.7 Å². The van der Waals surface area contributed by atoms with Gasteiger partial charge < -0.3 is 11.1 Å². The second kappa shape index (κ2) is 7.42. The van der Waals surface area contributed by atoms with E-state index in [0.29, 0.717) is 23.0 Å². The van der Waals surface area contributed by atoms with Crippen LogP contribution in [0.4, 0.5) is 18.9 Å². The number of carbonyl (C=O) groups excluding carboxylic acids is 1. The largest absolute Gasteiger partial charge is 0.418 e. The van der Waals surface area contributed by atoms with Crippen molar-refractivity contribution >= 4 is 28.5 Å². The van der Waals surface area contributed by atoms with Crippen molar-refractivity contribution in [2.24, 2.45) is 10.7 Å². The molecule has 28 heavy (non-hydrogen) atoms. The number of rotatable bonds is 3. The second-order valence-electron chi connectivity index (χ2n) is 6.64. The highest BCUT2D eigenvalue weighted by Gasteiger charge is 2.37. The Balaban J connectivity index is 1.89. The van der Waals surface area contributed by atoms with Crippen LogP contribution in [0.2, 0.25) is 0 Å². The molecule has 148 valence electrons. The van der Waals surface area contributed by atoms with Gasteiger partial charge in [0, 0.05) is 23.3 Å². The number of amidine groups is 1. The highest BCUT2D eigenvalue weighted by molar-refractivity contribution is 8.14. The zero-order valence-corrected chi connectivity index (χ0v) is 15.9. The van der Waals surface area contributed by atoms with Crippen LogP contribution in [-0.2, 0) is 11.7 Å². The van der Waals surface area contributed by atoms with Gasteiger partial charge >= 0.3 is 6.18 Å². The van der Waals surface area contributed by atoms with Crippen LogP contribution in [0.5, 0.6) is 0 Å². The van der Waals surface area contributed by atoms with E-state index in [0.717, 1.165) is 18.3 Å². The van der Waals surface area contributed by atoms with Crippen LogP contribution in [0.25, 0.3) is 0 Å². The summed E-state index contributed by atoms with van der Waals surface area (Å²) in [5.74, 6) is -0.953. The van der Waals surface area contributed by atoms with Gasteiger partial charge in [-0.2, -0.15) is 13.2 Å². The lowest BCUT2D eigenvalue weighted by Gasteiger charge is -2.32. The topological polar surface area (TPSA) is 93.3 Å². The van der Waals surface area contributed by atoms with Gasteiger partial charge in [-0.05, 0) is 37.6 Å².